The number of pyridine rings is 1. The van der Waals surface area contributed by atoms with Crippen LogP contribution in [0.2, 0.25) is 5.02 Å². The van der Waals surface area contributed by atoms with E-state index in [1.807, 2.05) is 13.0 Å². The lowest BCUT2D eigenvalue weighted by Crippen LogP contribution is -2.02. The fraction of sp³-hybridized carbons (Fsp3) is 0.143. The van der Waals surface area contributed by atoms with Crippen LogP contribution in [0.4, 0.5) is 0 Å². The zero-order chi connectivity index (χ0) is 14.0. The zero-order valence-corrected chi connectivity index (χ0v) is 11.2. The van der Waals surface area contributed by atoms with Gasteiger partial charge in [0.15, 0.2) is 0 Å². The molecular weight excluding hydrogens is 266 g/mol. The van der Waals surface area contributed by atoms with Crippen LogP contribution in [0.3, 0.4) is 0 Å². The Kier molecular flexibility index (Phi) is 3.71. The minimum absolute atomic E-state index is 0.00294. The lowest BCUT2D eigenvalue weighted by molar-refractivity contribution is 0.0693. The van der Waals surface area contributed by atoms with Crippen LogP contribution in [-0.2, 0) is 0 Å². The number of aryl methyl sites for hydroxylation is 2. The molecule has 0 aliphatic carbocycles. The quantitative estimate of drug-likeness (QED) is 0.926. The van der Waals surface area contributed by atoms with E-state index in [0.717, 1.165) is 5.56 Å². The molecule has 1 aromatic heterocycles. The van der Waals surface area contributed by atoms with E-state index in [9.17, 15) is 4.79 Å². The van der Waals surface area contributed by atoms with Crippen molar-refractivity contribution in [1.82, 2.24) is 4.98 Å². The molecule has 0 radical (unpaired) electrons. The molecule has 98 valence electrons. The van der Waals surface area contributed by atoms with Crippen LogP contribution in [0, 0.1) is 13.8 Å². The van der Waals surface area contributed by atoms with Gasteiger partial charge in [-0.3, -0.25) is 4.98 Å². The van der Waals surface area contributed by atoms with Crippen LogP contribution < -0.4 is 4.74 Å². The minimum atomic E-state index is -1.09. The molecule has 0 unspecified atom stereocenters. The number of carbonyl (C=O) groups is 1. The predicted octanol–water partition coefficient (Wildman–Crippen LogP) is 3.84. The monoisotopic (exact) mass is 277 g/mol. The number of nitrogens with zero attached hydrogens (tertiary/aromatic N) is 1. The summed E-state index contributed by atoms with van der Waals surface area (Å²) in [5.41, 5.74) is 1.65. The molecule has 0 aliphatic rings. The normalized spacial score (nSPS) is 10.3. The first-order valence-corrected chi connectivity index (χ1v) is 5.99. The molecule has 19 heavy (non-hydrogen) atoms. The molecule has 1 aromatic carbocycles. The van der Waals surface area contributed by atoms with Gasteiger partial charge in [0.1, 0.15) is 17.1 Å². The molecule has 0 fully saturated rings. The van der Waals surface area contributed by atoms with Crippen LogP contribution >= 0.6 is 11.6 Å². The van der Waals surface area contributed by atoms with Gasteiger partial charge in [0, 0.05) is 18.0 Å². The number of aromatic carboxylic acids is 1. The molecule has 0 saturated heterocycles. The first-order valence-electron chi connectivity index (χ1n) is 5.61. The van der Waals surface area contributed by atoms with Gasteiger partial charge in [-0.15, -0.1) is 0 Å². The Bertz CT molecular complexity index is 641. The van der Waals surface area contributed by atoms with Gasteiger partial charge in [0.2, 0.25) is 0 Å². The maximum absolute atomic E-state index is 11.1. The maximum atomic E-state index is 11.1. The number of rotatable bonds is 3. The van der Waals surface area contributed by atoms with Crippen LogP contribution in [0.5, 0.6) is 11.5 Å². The maximum Gasteiger partial charge on any atom is 0.341 e. The number of hydrogen-bond acceptors (Lipinski definition) is 3. The van der Waals surface area contributed by atoms with Crippen molar-refractivity contribution >= 4 is 17.6 Å². The number of carboxylic acid groups (broad SMARTS) is 1. The molecule has 2 aromatic rings. The van der Waals surface area contributed by atoms with E-state index in [0.29, 0.717) is 16.5 Å². The minimum Gasteiger partial charge on any atom is -0.477 e. The summed E-state index contributed by atoms with van der Waals surface area (Å²) >= 11 is 6.03. The first kappa shape index (κ1) is 13.4. The van der Waals surface area contributed by atoms with Crippen molar-refractivity contribution in [2.75, 3.05) is 0 Å². The molecule has 0 amide bonds. The standard InChI is InChI=1S/C14H12ClNO3/c1-8-3-4-11(15)13(5-8)19-12-6-9(2)16-7-10(12)14(17)18/h3-7H,1-2H3,(H,17,18). The Morgan fingerprint density at radius 2 is 2.00 bits per heavy atom. The Morgan fingerprint density at radius 3 is 2.68 bits per heavy atom. The highest BCUT2D eigenvalue weighted by Gasteiger charge is 2.14. The average molecular weight is 278 g/mol. The summed E-state index contributed by atoms with van der Waals surface area (Å²) in [5.74, 6) is -0.437. The van der Waals surface area contributed by atoms with Crippen molar-refractivity contribution in [3.8, 4) is 11.5 Å². The fourth-order valence-electron chi connectivity index (χ4n) is 1.59. The van der Waals surface area contributed by atoms with E-state index in [4.69, 9.17) is 21.4 Å². The lowest BCUT2D eigenvalue weighted by atomic mass is 10.2. The molecule has 0 spiro atoms. The third-order valence-corrected chi connectivity index (χ3v) is 2.85. The summed E-state index contributed by atoms with van der Waals surface area (Å²) in [7, 11) is 0. The second kappa shape index (κ2) is 5.28. The highest BCUT2D eigenvalue weighted by Crippen LogP contribution is 2.32. The largest absolute Gasteiger partial charge is 0.477 e. The summed E-state index contributed by atoms with van der Waals surface area (Å²) in [6.45, 7) is 3.66. The number of ether oxygens (including phenoxy) is 1. The summed E-state index contributed by atoms with van der Waals surface area (Å²) < 4.78 is 5.61. The van der Waals surface area contributed by atoms with Crippen LogP contribution in [0.15, 0.2) is 30.5 Å². The van der Waals surface area contributed by atoms with E-state index in [2.05, 4.69) is 4.98 Å². The molecule has 4 nitrogen and oxygen atoms in total. The van der Waals surface area contributed by atoms with Crippen molar-refractivity contribution in [1.29, 1.82) is 0 Å². The summed E-state index contributed by atoms with van der Waals surface area (Å²) in [6, 6.07) is 6.89. The van der Waals surface area contributed by atoms with Crippen LogP contribution in [0.1, 0.15) is 21.6 Å². The highest BCUT2D eigenvalue weighted by molar-refractivity contribution is 6.32. The second-order valence-electron chi connectivity index (χ2n) is 4.16. The summed E-state index contributed by atoms with van der Waals surface area (Å²) in [6.07, 6.45) is 1.27. The zero-order valence-electron chi connectivity index (χ0n) is 10.5. The van der Waals surface area contributed by atoms with Gasteiger partial charge in [-0.25, -0.2) is 4.79 Å². The smallest absolute Gasteiger partial charge is 0.341 e. The van der Waals surface area contributed by atoms with Crippen molar-refractivity contribution in [3.05, 3.63) is 52.3 Å². The summed E-state index contributed by atoms with van der Waals surface area (Å²) in [4.78, 5) is 15.1. The molecule has 0 atom stereocenters. The number of aromatic nitrogens is 1. The Morgan fingerprint density at radius 1 is 1.26 bits per heavy atom. The molecular formula is C14H12ClNO3. The van der Waals surface area contributed by atoms with Crippen molar-refractivity contribution < 1.29 is 14.6 Å². The highest BCUT2D eigenvalue weighted by atomic mass is 35.5. The Balaban J connectivity index is 2.45. The third-order valence-electron chi connectivity index (χ3n) is 2.54. The Labute approximate surface area is 115 Å². The van der Waals surface area contributed by atoms with Crippen molar-refractivity contribution in [3.63, 3.8) is 0 Å². The van der Waals surface area contributed by atoms with Gasteiger partial charge >= 0.3 is 5.97 Å². The number of carboxylic acids is 1. The molecule has 0 bridgehead atoms. The summed E-state index contributed by atoms with van der Waals surface area (Å²) in [5, 5.41) is 9.53. The number of halogens is 1. The van der Waals surface area contributed by atoms with Crippen LogP contribution in [-0.4, -0.2) is 16.1 Å². The fourth-order valence-corrected chi connectivity index (χ4v) is 1.74. The number of benzene rings is 1. The van der Waals surface area contributed by atoms with Gasteiger partial charge in [0.25, 0.3) is 0 Å². The molecule has 1 heterocycles. The molecule has 0 aliphatic heterocycles. The van der Waals surface area contributed by atoms with Gasteiger partial charge in [0.05, 0.1) is 5.02 Å². The predicted molar refractivity (Wildman–Crippen MR) is 72.2 cm³/mol. The Hall–Kier alpha value is -2.07. The first-order chi connectivity index (χ1) is 8.97. The average Bonchev–Trinajstić information content (AvgIpc) is 2.33. The van der Waals surface area contributed by atoms with Gasteiger partial charge < -0.3 is 9.84 Å². The van der Waals surface area contributed by atoms with E-state index in [1.54, 1.807) is 25.1 Å². The van der Waals surface area contributed by atoms with Crippen LogP contribution in [0.25, 0.3) is 0 Å². The molecule has 5 heteroatoms. The van der Waals surface area contributed by atoms with E-state index in [-0.39, 0.29) is 11.3 Å². The lowest BCUT2D eigenvalue weighted by Gasteiger charge is -2.11. The second-order valence-corrected chi connectivity index (χ2v) is 4.57. The number of hydrogen-bond donors (Lipinski definition) is 1. The van der Waals surface area contributed by atoms with Crippen molar-refractivity contribution in [2.45, 2.75) is 13.8 Å². The van der Waals surface area contributed by atoms with E-state index >= 15 is 0 Å². The van der Waals surface area contributed by atoms with Gasteiger partial charge in [-0.05, 0) is 31.5 Å². The molecule has 0 saturated carbocycles. The molecule has 1 N–H and O–H groups in total. The third kappa shape index (κ3) is 3.03. The van der Waals surface area contributed by atoms with Gasteiger partial charge in [-0.2, -0.15) is 0 Å². The van der Waals surface area contributed by atoms with E-state index < -0.39 is 5.97 Å². The van der Waals surface area contributed by atoms with Crippen molar-refractivity contribution in [2.24, 2.45) is 0 Å². The SMILES string of the molecule is Cc1ccc(Cl)c(Oc2cc(C)ncc2C(=O)O)c1. The topological polar surface area (TPSA) is 59.4 Å². The van der Waals surface area contributed by atoms with E-state index in [1.165, 1.54) is 6.20 Å². The van der Waals surface area contributed by atoms with Gasteiger partial charge in [-0.1, -0.05) is 17.7 Å². The molecule has 2 rings (SSSR count).